The number of phenolic OH excluding ortho intramolecular Hbond substituents is 1. The van der Waals surface area contributed by atoms with Crippen molar-refractivity contribution in [1.29, 1.82) is 0 Å². The fourth-order valence-corrected chi connectivity index (χ4v) is 2.04. The Bertz CT molecular complexity index is 347. The van der Waals surface area contributed by atoms with Gasteiger partial charge in [-0.15, -0.1) is 0 Å². The van der Waals surface area contributed by atoms with Crippen LogP contribution >= 0.6 is 0 Å². The minimum Gasteiger partial charge on any atom is -0.508 e. The second-order valence-corrected chi connectivity index (χ2v) is 4.81. The minimum atomic E-state index is -0.230. The highest BCUT2D eigenvalue weighted by atomic mass is 16.3. The first-order valence-corrected chi connectivity index (χ1v) is 6.57. The minimum absolute atomic E-state index is 0.230. The fraction of sp³-hybridized carbons (Fsp3) is 0.600. The van der Waals surface area contributed by atoms with Crippen molar-refractivity contribution in [1.82, 2.24) is 0 Å². The molecule has 2 unspecified atom stereocenters. The molecule has 0 aliphatic carbocycles. The van der Waals surface area contributed by atoms with Gasteiger partial charge in [0.25, 0.3) is 0 Å². The average Bonchev–Trinajstić information content (AvgIpc) is 2.36. The normalized spacial score (nSPS) is 14.6. The van der Waals surface area contributed by atoms with E-state index in [0.717, 1.165) is 31.2 Å². The van der Waals surface area contributed by atoms with Crippen LogP contribution in [0.15, 0.2) is 18.2 Å². The van der Waals surface area contributed by atoms with E-state index in [0.29, 0.717) is 5.75 Å². The summed E-state index contributed by atoms with van der Waals surface area (Å²) in [6, 6.07) is 5.80. The first-order valence-electron chi connectivity index (χ1n) is 6.57. The monoisotopic (exact) mass is 236 g/mol. The maximum Gasteiger partial charge on any atom is 0.118 e. The summed E-state index contributed by atoms with van der Waals surface area (Å²) < 4.78 is 0. The van der Waals surface area contributed by atoms with Gasteiger partial charge < -0.3 is 10.2 Å². The fourth-order valence-electron chi connectivity index (χ4n) is 2.04. The first kappa shape index (κ1) is 14.0. The molecule has 0 aliphatic rings. The molecule has 2 N–H and O–H groups in total. The van der Waals surface area contributed by atoms with Crippen molar-refractivity contribution in [3.8, 4) is 5.75 Å². The van der Waals surface area contributed by atoms with E-state index in [1.807, 2.05) is 13.0 Å². The van der Waals surface area contributed by atoms with Crippen molar-refractivity contribution in [2.45, 2.75) is 52.6 Å². The third kappa shape index (κ3) is 4.04. The van der Waals surface area contributed by atoms with Gasteiger partial charge in [0.15, 0.2) is 0 Å². The highest BCUT2D eigenvalue weighted by Crippen LogP contribution is 2.23. The molecule has 17 heavy (non-hydrogen) atoms. The SMILES string of the molecule is CCc1ccc(O)c(CCC(C)C(O)CC)c1. The highest BCUT2D eigenvalue weighted by molar-refractivity contribution is 5.36. The predicted molar refractivity (Wildman–Crippen MR) is 71.3 cm³/mol. The van der Waals surface area contributed by atoms with E-state index < -0.39 is 0 Å². The van der Waals surface area contributed by atoms with Crippen molar-refractivity contribution in [3.05, 3.63) is 29.3 Å². The zero-order chi connectivity index (χ0) is 12.8. The van der Waals surface area contributed by atoms with Crippen molar-refractivity contribution in [2.24, 2.45) is 5.92 Å². The number of aliphatic hydroxyl groups excluding tert-OH is 1. The molecule has 0 spiro atoms. The molecule has 1 aromatic rings. The second kappa shape index (κ2) is 6.65. The van der Waals surface area contributed by atoms with Gasteiger partial charge in [-0.3, -0.25) is 0 Å². The Kier molecular flexibility index (Phi) is 5.49. The molecule has 1 aromatic carbocycles. The quantitative estimate of drug-likeness (QED) is 0.795. The largest absolute Gasteiger partial charge is 0.508 e. The van der Waals surface area contributed by atoms with E-state index in [1.54, 1.807) is 6.07 Å². The van der Waals surface area contributed by atoms with Crippen LogP contribution in [0.25, 0.3) is 0 Å². The Morgan fingerprint density at radius 2 is 1.94 bits per heavy atom. The number of hydrogen-bond acceptors (Lipinski definition) is 2. The third-order valence-corrected chi connectivity index (χ3v) is 3.50. The van der Waals surface area contributed by atoms with Crippen LogP contribution in [-0.4, -0.2) is 16.3 Å². The molecule has 0 saturated carbocycles. The van der Waals surface area contributed by atoms with Gasteiger partial charge in [-0.1, -0.05) is 32.9 Å². The van der Waals surface area contributed by atoms with E-state index in [4.69, 9.17) is 0 Å². The Labute approximate surface area is 104 Å². The molecule has 0 bridgehead atoms. The summed E-state index contributed by atoms with van der Waals surface area (Å²) in [7, 11) is 0. The standard InChI is InChI=1S/C15H24O2/c1-4-12-7-9-15(17)13(10-12)8-6-11(3)14(16)5-2/h7,9-11,14,16-17H,4-6,8H2,1-3H3. The molecule has 0 radical (unpaired) electrons. The molecule has 2 heteroatoms. The number of benzene rings is 1. The summed E-state index contributed by atoms with van der Waals surface area (Å²) in [6.07, 6.45) is 3.29. The maximum atomic E-state index is 9.78. The predicted octanol–water partition coefficient (Wildman–Crippen LogP) is 3.29. The number of rotatable bonds is 6. The summed E-state index contributed by atoms with van der Waals surface area (Å²) in [5, 5.41) is 19.5. The zero-order valence-corrected chi connectivity index (χ0v) is 11.1. The molecule has 1 rings (SSSR count). The smallest absolute Gasteiger partial charge is 0.118 e. The van der Waals surface area contributed by atoms with Gasteiger partial charge in [-0.25, -0.2) is 0 Å². The molecule has 0 fully saturated rings. The van der Waals surface area contributed by atoms with Crippen LogP contribution in [0.3, 0.4) is 0 Å². The molecular formula is C15H24O2. The summed E-state index contributed by atoms with van der Waals surface area (Å²) in [5.74, 6) is 0.657. The molecule has 96 valence electrons. The van der Waals surface area contributed by atoms with E-state index in [-0.39, 0.29) is 12.0 Å². The molecule has 0 aliphatic heterocycles. The zero-order valence-electron chi connectivity index (χ0n) is 11.1. The van der Waals surface area contributed by atoms with Crippen LogP contribution < -0.4 is 0 Å². The van der Waals surface area contributed by atoms with Crippen LogP contribution in [-0.2, 0) is 12.8 Å². The number of hydrogen-bond donors (Lipinski definition) is 2. The van der Waals surface area contributed by atoms with E-state index in [2.05, 4.69) is 19.9 Å². The van der Waals surface area contributed by atoms with Crippen LogP contribution in [0, 0.1) is 5.92 Å². The molecular weight excluding hydrogens is 212 g/mol. The van der Waals surface area contributed by atoms with Gasteiger partial charge in [0, 0.05) is 0 Å². The third-order valence-electron chi connectivity index (χ3n) is 3.50. The van der Waals surface area contributed by atoms with Gasteiger partial charge in [-0.05, 0) is 48.8 Å². The number of aliphatic hydroxyl groups is 1. The number of aryl methyl sites for hydroxylation is 2. The Morgan fingerprint density at radius 3 is 2.53 bits per heavy atom. The van der Waals surface area contributed by atoms with Gasteiger partial charge >= 0.3 is 0 Å². The molecule has 0 aromatic heterocycles. The summed E-state index contributed by atoms with van der Waals surface area (Å²) >= 11 is 0. The van der Waals surface area contributed by atoms with Gasteiger partial charge in [-0.2, -0.15) is 0 Å². The first-order chi connectivity index (χ1) is 8.08. The molecule has 0 amide bonds. The van der Waals surface area contributed by atoms with Crippen LogP contribution in [0.1, 0.15) is 44.7 Å². The highest BCUT2D eigenvalue weighted by Gasteiger charge is 2.13. The van der Waals surface area contributed by atoms with Crippen LogP contribution in [0.5, 0.6) is 5.75 Å². The van der Waals surface area contributed by atoms with Crippen molar-refractivity contribution < 1.29 is 10.2 Å². The topological polar surface area (TPSA) is 40.5 Å². The second-order valence-electron chi connectivity index (χ2n) is 4.81. The van der Waals surface area contributed by atoms with Crippen molar-refractivity contribution >= 4 is 0 Å². The lowest BCUT2D eigenvalue weighted by atomic mass is 9.94. The summed E-state index contributed by atoms with van der Waals surface area (Å²) in [5.41, 5.74) is 2.25. The Balaban J connectivity index is 2.62. The molecule has 0 heterocycles. The lowest BCUT2D eigenvalue weighted by Crippen LogP contribution is -2.16. The van der Waals surface area contributed by atoms with Gasteiger partial charge in [0.1, 0.15) is 5.75 Å². The van der Waals surface area contributed by atoms with Gasteiger partial charge in [0.05, 0.1) is 6.10 Å². The average molecular weight is 236 g/mol. The van der Waals surface area contributed by atoms with Gasteiger partial charge in [0.2, 0.25) is 0 Å². The number of aromatic hydroxyl groups is 1. The lowest BCUT2D eigenvalue weighted by Gasteiger charge is -2.17. The van der Waals surface area contributed by atoms with Crippen LogP contribution in [0.4, 0.5) is 0 Å². The molecule has 0 saturated heterocycles. The summed E-state index contributed by atoms with van der Waals surface area (Å²) in [4.78, 5) is 0. The Morgan fingerprint density at radius 1 is 1.24 bits per heavy atom. The Hall–Kier alpha value is -1.02. The molecule has 2 atom stereocenters. The van der Waals surface area contributed by atoms with E-state index in [9.17, 15) is 10.2 Å². The van der Waals surface area contributed by atoms with Crippen molar-refractivity contribution in [2.75, 3.05) is 0 Å². The summed E-state index contributed by atoms with van der Waals surface area (Å²) in [6.45, 7) is 6.17. The molecule has 2 nitrogen and oxygen atoms in total. The van der Waals surface area contributed by atoms with E-state index >= 15 is 0 Å². The maximum absolute atomic E-state index is 9.78. The van der Waals surface area contributed by atoms with Crippen LogP contribution in [0.2, 0.25) is 0 Å². The van der Waals surface area contributed by atoms with Crippen molar-refractivity contribution in [3.63, 3.8) is 0 Å². The lowest BCUT2D eigenvalue weighted by molar-refractivity contribution is 0.108. The number of phenols is 1. The van der Waals surface area contributed by atoms with E-state index in [1.165, 1.54) is 5.56 Å².